The summed E-state index contributed by atoms with van der Waals surface area (Å²) in [5, 5.41) is 14.1. The van der Waals surface area contributed by atoms with Crippen molar-refractivity contribution in [2.45, 2.75) is 107 Å². The Morgan fingerprint density at radius 1 is 0.984 bits per heavy atom. The van der Waals surface area contributed by atoms with E-state index in [-0.39, 0.29) is 25.2 Å². The minimum Gasteiger partial charge on any atom is -0.496 e. The number of esters is 3. The van der Waals surface area contributed by atoms with Crippen LogP contribution >= 0.6 is 0 Å². The first-order chi connectivity index (χ1) is 30.4. The number of aromatic nitrogens is 1. The second-order valence-corrected chi connectivity index (χ2v) is 19.3. The molecule has 2 aromatic carbocycles. The molecular formula is C49H60F2N4O9. The highest BCUT2D eigenvalue weighted by Gasteiger charge is 2.80. The highest BCUT2D eigenvalue weighted by molar-refractivity contribution is 6.01. The van der Waals surface area contributed by atoms with Crippen molar-refractivity contribution in [3.05, 3.63) is 70.4 Å². The summed E-state index contributed by atoms with van der Waals surface area (Å²) in [6, 6.07) is 7.92. The molecule has 344 valence electrons. The maximum absolute atomic E-state index is 15.5. The molecule has 6 unspecified atom stereocenters. The van der Waals surface area contributed by atoms with Crippen LogP contribution in [0.3, 0.4) is 0 Å². The fourth-order valence-corrected chi connectivity index (χ4v) is 13.9. The number of fused-ring (bicyclic) bond motifs is 6. The Labute approximate surface area is 372 Å². The van der Waals surface area contributed by atoms with Gasteiger partial charge in [-0.15, -0.1) is 0 Å². The summed E-state index contributed by atoms with van der Waals surface area (Å²) in [6.45, 7) is 8.30. The minimum absolute atomic E-state index is 0.0355. The Kier molecular flexibility index (Phi) is 10.6. The molecule has 6 aliphatic rings. The highest BCUT2D eigenvalue weighted by Crippen LogP contribution is 2.68. The predicted octanol–water partition coefficient (Wildman–Crippen LogP) is 5.71. The number of alkyl halides is 2. The maximum atomic E-state index is 15.5. The number of piperidine rings is 1. The van der Waals surface area contributed by atoms with Crippen LogP contribution in [-0.2, 0) is 45.8 Å². The van der Waals surface area contributed by atoms with Crippen LogP contribution in [-0.4, -0.2) is 134 Å². The number of nitrogens with one attached hydrogen (secondary N) is 1. The van der Waals surface area contributed by atoms with Crippen molar-refractivity contribution < 1.29 is 52.0 Å². The van der Waals surface area contributed by atoms with E-state index < -0.39 is 75.7 Å². The molecule has 3 fully saturated rings. The van der Waals surface area contributed by atoms with Gasteiger partial charge in [0.05, 0.1) is 27.4 Å². The molecule has 3 aromatic rings. The van der Waals surface area contributed by atoms with Gasteiger partial charge in [0.2, 0.25) is 11.5 Å². The van der Waals surface area contributed by atoms with Gasteiger partial charge < -0.3 is 38.8 Å². The van der Waals surface area contributed by atoms with Crippen molar-refractivity contribution in [1.29, 1.82) is 0 Å². The number of carbonyl (C=O) groups is 4. The number of rotatable bonds is 9. The van der Waals surface area contributed by atoms with Gasteiger partial charge in [0.25, 0.3) is 0 Å². The van der Waals surface area contributed by atoms with Gasteiger partial charge in [-0.3, -0.25) is 19.3 Å². The molecule has 6 heterocycles. The van der Waals surface area contributed by atoms with Crippen molar-refractivity contribution in [2.24, 2.45) is 17.3 Å². The highest BCUT2D eigenvalue weighted by atomic mass is 19.3. The number of likely N-dealkylation sites (N-methyl/N-ethyl adjacent to an activating group) is 1. The SMILES string of the molecule is CCC(=O)c1ccc2[nH]c3c(c2c1)CCN1CC(CC(C(C)(F)F)C1)C[C@]3(C(=O)OC)c1cc2c(cc1OC)N(C)C1C23CCN2CC=C[C@@](CC)(C23)[C@H](OC(C)=O)[C@@]1(O)C(=O)OC. The third-order valence-electron chi connectivity index (χ3n) is 16.3. The van der Waals surface area contributed by atoms with Crippen LogP contribution in [0.5, 0.6) is 5.75 Å². The zero-order valence-corrected chi connectivity index (χ0v) is 38.0. The van der Waals surface area contributed by atoms with Crippen LogP contribution in [0.15, 0.2) is 42.5 Å². The second kappa shape index (κ2) is 15.4. The van der Waals surface area contributed by atoms with E-state index in [2.05, 4.69) is 14.8 Å². The first kappa shape index (κ1) is 44.3. The number of Topliss-reactive ketones (excluding diaryl/α,β-unsaturated/α-hetero) is 1. The molecule has 9 rings (SSSR count). The third kappa shape index (κ3) is 5.94. The van der Waals surface area contributed by atoms with Crippen LogP contribution in [0.4, 0.5) is 14.5 Å². The second-order valence-electron chi connectivity index (χ2n) is 19.3. The van der Waals surface area contributed by atoms with Crippen LogP contribution < -0.4 is 9.64 Å². The fourth-order valence-electron chi connectivity index (χ4n) is 13.9. The number of hydrogen-bond acceptors (Lipinski definition) is 12. The van der Waals surface area contributed by atoms with Crippen LogP contribution in [0.2, 0.25) is 0 Å². The summed E-state index contributed by atoms with van der Waals surface area (Å²) >= 11 is 0. The average molecular weight is 887 g/mol. The van der Waals surface area contributed by atoms with Crippen molar-refractivity contribution in [3.8, 4) is 5.75 Å². The maximum Gasteiger partial charge on any atom is 0.344 e. The molecule has 2 saturated heterocycles. The molecule has 1 aromatic heterocycles. The lowest BCUT2D eigenvalue weighted by Crippen LogP contribution is -2.81. The van der Waals surface area contributed by atoms with E-state index in [1.807, 2.05) is 55.2 Å². The zero-order chi connectivity index (χ0) is 45.9. The molecule has 2 bridgehead atoms. The summed E-state index contributed by atoms with van der Waals surface area (Å²) in [5.41, 5.74) is -1.70. The summed E-state index contributed by atoms with van der Waals surface area (Å²) in [7, 11) is 5.87. The largest absolute Gasteiger partial charge is 0.496 e. The van der Waals surface area contributed by atoms with E-state index in [1.165, 1.54) is 28.3 Å². The molecule has 10 atom stereocenters. The quantitative estimate of drug-likeness (QED) is 0.117. The normalized spacial score (nSPS) is 34.1. The standard InChI is InChI=1S/C49H60F2N4O9/c1-9-37(57)29-12-13-35-32(21-29)31-14-18-54-25-28(20-30(26-54)45(4,50)51)24-48(39(31)52-35,43(58)62-7)34-22-33-36(23-38(34)61-6)53(5)41-47(33)16-19-55-17-11-15-46(10-2,40(47)55)42(64-27(3)56)49(41,60)44(59)63-8/h11-13,15,21-23,28,30,40-42,52,60H,9-10,14,16-20,24-26H2,1-8H3/t28?,30?,40?,41?,42-,46-,47?,48-,49+/m0/s1. The van der Waals surface area contributed by atoms with Gasteiger partial charge in [0.15, 0.2) is 11.9 Å². The molecule has 1 aliphatic carbocycles. The van der Waals surface area contributed by atoms with Crippen molar-refractivity contribution in [2.75, 3.05) is 66.0 Å². The Hall–Kier alpha value is -4.86. The lowest BCUT2D eigenvalue weighted by molar-refractivity contribution is -0.228. The van der Waals surface area contributed by atoms with Crippen molar-refractivity contribution in [3.63, 3.8) is 0 Å². The Balaban J connectivity index is 1.36. The molecule has 2 N–H and O–H groups in total. The van der Waals surface area contributed by atoms with E-state index in [0.717, 1.165) is 23.4 Å². The monoisotopic (exact) mass is 886 g/mol. The minimum atomic E-state index is -2.98. The smallest absolute Gasteiger partial charge is 0.344 e. The van der Waals surface area contributed by atoms with Crippen molar-refractivity contribution >= 4 is 40.3 Å². The molecular weight excluding hydrogens is 827 g/mol. The molecule has 5 aliphatic heterocycles. The Morgan fingerprint density at radius 2 is 1.73 bits per heavy atom. The van der Waals surface area contributed by atoms with E-state index in [0.29, 0.717) is 85.6 Å². The van der Waals surface area contributed by atoms with Crippen LogP contribution in [0.25, 0.3) is 10.9 Å². The van der Waals surface area contributed by atoms with E-state index in [9.17, 15) is 19.5 Å². The van der Waals surface area contributed by atoms with Gasteiger partial charge in [0, 0.05) is 109 Å². The predicted molar refractivity (Wildman–Crippen MR) is 234 cm³/mol. The summed E-state index contributed by atoms with van der Waals surface area (Å²) in [5.74, 6) is -6.25. The first-order valence-corrected chi connectivity index (χ1v) is 22.6. The summed E-state index contributed by atoms with van der Waals surface area (Å²) in [4.78, 5) is 66.0. The number of hydrogen-bond donors (Lipinski definition) is 2. The number of anilines is 1. The Bertz CT molecular complexity index is 2470. The number of methoxy groups -OCH3 is 3. The number of nitrogens with zero attached hydrogens (tertiary/aromatic N) is 3. The number of carbonyl (C=O) groups excluding carboxylic acids is 4. The van der Waals surface area contributed by atoms with E-state index >= 15 is 13.6 Å². The molecule has 0 amide bonds. The molecule has 0 radical (unpaired) electrons. The topological polar surface area (TPSA) is 151 Å². The molecule has 64 heavy (non-hydrogen) atoms. The lowest BCUT2D eigenvalue weighted by atomic mass is 9.47. The van der Waals surface area contributed by atoms with E-state index in [4.69, 9.17) is 18.9 Å². The zero-order valence-electron chi connectivity index (χ0n) is 38.0. The van der Waals surface area contributed by atoms with Crippen LogP contribution in [0.1, 0.15) is 92.5 Å². The number of aromatic amines is 1. The third-order valence-corrected chi connectivity index (χ3v) is 16.3. The van der Waals surface area contributed by atoms with Crippen LogP contribution in [0, 0.1) is 17.3 Å². The van der Waals surface area contributed by atoms with E-state index in [1.54, 1.807) is 13.1 Å². The number of ether oxygens (including phenoxy) is 4. The summed E-state index contributed by atoms with van der Waals surface area (Å²) < 4.78 is 54.8. The fraction of sp³-hybridized carbons (Fsp3) is 0.592. The van der Waals surface area contributed by atoms with Gasteiger partial charge in [-0.05, 0) is 86.9 Å². The summed E-state index contributed by atoms with van der Waals surface area (Å²) in [6.07, 6.45) is 4.50. The molecule has 1 saturated carbocycles. The van der Waals surface area contributed by atoms with Crippen molar-refractivity contribution in [1.82, 2.24) is 14.8 Å². The molecule has 15 heteroatoms. The molecule has 13 nitrogen and oxygen atoms in total. The number of H-pyrrole nitrogens is 1. The first-order valence-electron chi connectivity index (χ1n) is 22.6. The number of ketones is 1. The van der Waals surface area contributed by atoms with Gasteiger partial charge in [-0.2, -0.15) is 0 Å². The number of benzene rings is 2. The number of halogens is 2. The number of aliphatic hydroxyl groups is 1. The van der Waals surface area contributed by atoms with Gasteiger partial charge >= 0.3 is 17.9 Å². The molecule has 1 spiro atoms. The lowest BCUT2D eigenvalue weighted by Gasteiger charge is -2.63. The van der Waals surface area contributed by atoms with Gasteiger partial charge in [-0.25, -0.2) is 13.6 Å². The average Bonchev–Trinajstić information content (AvgIpc) is 3.94. The van der Waals surface area contributed by atoms with Gasteiger partial charge in [0.1, 0.15) is 11.2 Å². The Morgan fingerprint density at radius 3 is 2.39 bits per heavy atom. The van der Waals surface area contributed by atoms with Gasteiger partial charge in [-0.1, -0.05) is 26.0 Å².